The van der Waals surface area contributed by atoms with Gasteiger partial charge in [-0.25, -0.2) is 0 Å². The molecule has 1 aromatic rings. The van der Waals surface area contributed by atoms with Crippen LogP contribution < -0.4 is 0 Å². The Balaban J connectivity index is 1.48. The zero-order chi connectivity index (χ0) is 16.3. The molecule has 0 N–H and O–H groups in total. The van der Waals surface area contributed by atoms with Crippen molar-refractivity contribution < 1.29 is 4.74 Å². The van der Waals surface area contributed by atoms with Crippen LogP contribution in [0, 0.1) is 0 Å². The van der Waals surface area contributed by atoms with Crippen molar-refractivity contribution >= 4 is 0 Å². The molecule has 2 aliphatic heterocycles. The zero-order valence-electron chi connectivity index (χ0n) is 15.1. The second-order valence-electron chi connectivity index (χ2n) is 8.10. The lowest BCUT2D eigenvalue weighted by Gasteiger charge is -2.51. The summed E-state index contributed by atoms with van der Waals surface area (Å²) in [4.78, 5) is 5.34. The number of rotatable bonds is 4. The summed E-state index contributed by atoms with van der Waals surface area (Å²) in [5.74, 6) is 0. The van der Waals surface area contributed by atoms with Gasteiger partial charge in [-0.15, -0.1) is 0 Å². The Hall–Kier alpha value is -0.900. The predicted octanol–water partition coefficient (Wildman–Crippen LogP) is 3.19. The van der Waals surface area contributed by atoms with Gasteiger partial charge in [-0.2, -0.15) is 0 Å². The standard InChI is InChI=1S/C20H32N2O/c1-19(2)17-20(3,10-16-23-19)22-14-12-21(13-15-22)11-9-18-7-5-4-6-8-18/h4-8H,9-17H2,1-3H3. The largest absolute Gasteiger partial charge is 0.375 e. The van der Waals surface area contributed by atoms with Crippen LogP contribution in [-0.4, -0.2) is 60.3 Å². The van der Waals surface area contributed by atoms with Crippen molar-refractivity contribution in [3.63, 3.8) is 0 Å². The lowest BCUT2D eigenvalue weighted by atomic mass is 9.81. The van der Waals surface area contributed by atoms with Gasteiger partial charge in [0.1, 0.15) is 0 Å². The van der Waals surface area contributed by atoms with Crippen molar-refractivity contribution in [2.45, 2.75) is 51.2 Å². The van der Waals surface area contributed by atoms with Crippen LogP contribution in [0.15, 0.2) is 30.3 Å². The van der Waals surface area contributed by atoms with E-state index in [1.165, 1.54) is 51.1 Å². The Morgan fingerprint density at radius 1 is 1.00 bits per heavy atom. The monoisotopic (exact) mass is 316 g/mol. The first-order valence-electron chi connectivity index (χ1n) is 9.12. The molecule has 0 spiro atoms. The van der Waals surface area contributed by atoms with Crippen LogP contribution in [0.4, 0.5) is 0 Å². The van der Waals surface area contributed by atoms with Crippen LogP contribution in [0.25, 0.3) is 0 Å². The van der Waals surface area contributed by atoms with Crippen LogP contribution in [-0.2, 0) is 11.2 Å². The average Bonchev–Trinajstić information content (AvgIpc) is 2.53. The molecule has 2 aliphatic rings. The fourth-order valence-electron chi connectivity index (χ4n) is 4.32. The molecule has 1 aromatic carbocycles. The van der Waals surface area contributed by atoms with Crippen molar-refractivity contribution in [1.29, 1.82) is 0 Å². The van der Waals surface area contributed by atoms with E-state index in [-0.39, 0.29) is 5.60 Å². The first-order valence-corrected chi connectivity index (χ1v) is 9.12. The Morgan fingerprint density at radius 3 is 2.35 bits per heavy atom. The van der Waals surface area contributed by atoms with E-state index in [4.69, 9.17) is 4.74 Å². The van der Waals surface area contributed by atoms with Crippen LogP contribution in [0.1, 0.15) is 39.2 Å². The molecular weight excluding hydrogens is 284 g/mol. The SMILES string of the molecule is CC1(C)CC(C)(N2CCN(CCc3ccccc3)CC2)CCO1. The molecule has 23 heavy (non-hydrogen) atoms. The summed E-state index contributed by atoms with van der Waals surface area (Å²) in [7, 11) is 0. The highest BCUT2D eigenvalue weighted by Crippen LogP contribution is 2.36. The van der Waals surface area contributed by atoms with Crippen molar-refractivity contribution in [2.75, 3.05) is 39.3 Å². The maximum absolute atomic E-state index is 5.92. The molecule has 2 fully saturated rings. The molecular formula is C20H32N2O. The third-order valence-corrected chi connectivity index (χ3v) is 5.64. The lowest BCUT2D eigenvalue weighted by molar-refractivity contribution is -0.121. The zero-order valence-corrected chi connectivity index (χ0v) is 15.1. The number of nitrogens with zero attached hydrogens (tertiary/aromatic N) is 2. The minimum Gasteiger partial charge on any atom is -0.375 e. The molecule has 0 aromatic heterocycles. The minimum atomic E-state index is 0.0252. The quantitative estimate of drug-likeness (QED) is 0.848. The van der Waals surface area contributed by atoms with Gasteiger partial charge in [0.15, 0.2) is 0 Å². The minimum absolute atomic E-state index is 0.0252. The van der Waals surface area contributed by atoms with E-state index in [2.05, 4.69) is 60.9 Å². The highest BCUT2D eigenvalue weighted by molar-refractivity contribution is 5.14. The number of benzene rings is 1. The van der Waals surface area contributed by atoms with E-state index in [1.54, 1.807) is 0 Å². The van der Waals surface area contributed by atoms with Crippen molar-refractivity contribution in [1.82, 2.24) is 9.80 Å². The summed E-state index contributed by atoms with van der Waals surface area (Å²) >= 11 is 0. The van der Waals surface area contributed by atoms with Crippen LogP contribution in [0.5, 0.6) is 0 Å². The molecule has 128 valence electrons. The molecule has 0 radical (unpaired) electrons. The fourth-order valence-corrected chi connectivity index (χ4v) is 4.32. The molecule has 3 nitrogen and oxygen atoms in total. The van der Waals surface area contributed by atoms with E-state index in [0.717, 1.165) is 13.0 Å². The van der Waals surface area contributed by atoms with Crippen LogP contribution >= 0.6 is 0 Å². The van der Waals surface area contributed by atoms with Crippen LogP contribution in [0.3, 0.4) is 0 Å². The van der Waals surface area contributed by atoms with E-state index in [9.17, 15) is 0 Å². The third-order valence-electron chi connectivity index (χ3n) is 5.64. The van der Waals surface area contributed by atoms with Gasteiger partial charge in [0, 0.05) is 44.9 Å². The molecule has 0 aliphatic carbocycles. The van der Waals surface area contributed by atoms with Gasteiger partial charge in [-0.1, -0.05) is 30.3 Å². The molecule has 2 saturated heterocycles. The summed E-state index contributed by atoms with van der Waals surface area (Å²) < 4.78 is 5.92. The Bertz CT molecular complexity index is 494. The third kappa shape index (κ3) is 4.34. The van der Waals surface area contributed by atoms with Crippen molar-refractivity contribution in [2.24, 2.45) is 0 Å². The first kappa shape index (κ1) is 16.9. The van der Waals surface area contributed by atoms with E-state index in [1.807, 2.05) is 0 Å². The number of ether oxygens (including phenoxy) is 1. The predicted molar refractivity (Wildman–Crippen MR) is 95.8 cm³/mol. The maximum atomic E-state index is 5.92. The number of piperazine rings is 1. The summed E-state index contributed by atoms with van der Waals surface area (Å²) in [6.45, 7) is 13.8. The summed E-state index contributed by atoms with van der Waals surface area (Å²) in [6.07, 6.45) is 3.48. The smallest absolute Gasteiger partial charge is 0.0644 e. The van der Waals surface area contributed by atoms with E-state index in [0.29, 0.717) is 5.54 Å². The maximum Gasteiger partial charge on any atom is 0.0644 e. The number of hydrogen-bond donors (Lipinski definition) is 0. The normalized spacial score (nSPS) is 29.5. The van der Waals surface area contributed by atoms with E-state index < -0.39 is 0 Å². The Labute approximate surface area is 141 Å². The van der Waals surface area contributed by atoms with Gasteiger partial charge in [0.25, 0.3) is 0 Å². The Morgan fingerprint density at radius 2 is 1.70 bits per heavy atom. The summed E-state index contributed by atoms with van der Waals surface area (Å²) in [5, 5.41) is 0. The molecule has 1 unspecified atom stereocenters. The molecule has 0 bridgehead atoms. The van der Waals surface area contributed by atoms with Gasteiger partial charge in [-0.3, -0.25) is 4.90 Å². The second kappa shape index (κ2) is 6.92. The van der Waals surface area contributed by atoms with Gasteiger partial charge in [-0.05, 0) is 45.6 Å². The van der Waals surface area contributed by atoms with Gasteiger partial charge in [0.05, 0.1) is 5.60 Å². The van der Waals surface area contributed by atoms with Crippen LogP contribution in [0.2, 0.25) is 0 Å². The van der Waals surface area contributed by atoms with Gasteiger partial charge in [0.2, 0.25) is 0 Å². The molecule has 0 amide bonds. The van der Waals surface area contributed by atoms with Gasteiger partial charge >= 0.3 is 0 Å². The highest BCUT2D eigenvalue weighted by Gasteiger charge is 2.42. The molecule has 3 rings (SSSR count). The Kier molecular flexibility index (Phi) is 5.10. The summed E-state index contributed by atoms with van der Waals surface area (Å²) in [6, 6.07) is 10.9. The van der Waals surface area contributed by atoms with E-state index >= 15 is 0 Å². The fraction of sp³-hybridized carbons (Fsp3) is 0.700. The first-order chi connectivity index (χ1) is 11.0. The second-order valence-corrected chi connectivity index (χ2v) is 8.10. The van der Waals surface area contributed by atoms with Crippen molar-refractivity contribution in [3.8, 4) is 0 Å². The highest BCUT2D eigenvalue weighted by atomic mass is 16.5. The number of hydrogen-bond acceptors (Lipinski definition) is 3. The van der Waals surface area contributed by atoms with Gasteiger partial charge < -0.3 is 9.64 Å². The lowest BCUT2D eigenvalue weighted by Crippen LogP contribution is -2.60. The molecule has 1 atom stereocenters. The molecule has 0 saturated carbocycles. The molecule has 3 heteroatoms. The average molecular weight is 316 g/mol. The molecule has 2 heterocycles. The van der Waals surface area contributed by atoms with Crippen molar-refractivity contribution in [3.05, 3.63) is 35.9 Å². The summed E-state index contributed by atoms with van der Waals surface area (Å²) in [5.41, 5.74) is 1.79. The topological polar surface area (TPSA) is 15.7 Å².